The number of methoxy groups -OCH3 is 1. The van der Waals surface area contributed by atoms with E-state index < -0.39 is 52.3 Å². The van der Waals surface area contributed by atoms with Crippen LogP contribution in [0, 0.1) is 23.3 Å². The van der Waals surface area contributed by atoms with Gasteiger partial charge >= 0.3 is 6.18 Å². The molecule has 0 saturated carbocycles. The normalized spacial score (nSPS) is 11.7. The minimum atomic E-state index is -5.67. The van der Waals surface area contributed by atoms with E-state index in [4.69, 9.17) is 4.74 Å². The van der Waals surface area contributed by atoms with Gasteiger partial charge in [0.15, 0.2) is 29.0 Å². The van der Waals surface area contributed by atoms with Crippen LogP contribution in [0.5, 0.6) is 0 Å². The molecule has 2 aromatic rings. The number of halogens is 7. The summed E-state index contributed by atoms with van der Waals surface area (Å²) in [5.41, 5.74) is -4.85. The Kier molecular flexibility index (Phi) is 5.02. The Morgan fingerprint density at radius 2 is 1.72 bits per heavy atom. The maximum Gasteiger partial charge on any atom is 0.422 e. The van der Waals surface area contributed by atoms with Gasteiger partial charge in [-0.3, -0.25) is 4.79 Å². The molecule has 2 rings (SSSR count). The summed E-state index contributed by atoms with van der Waals surface area (Å²) in [7, 11) is 1.32. The third-order valence-corrected chi connectivity index (χ3v) is 2.92. The number of amides is 1. The maximum absolute atomic E-state index is 13.7. The van der Waals surface area contributed by atoms with Gasteiger partial charge in [-0.05, 0) is 6.07 Å². The Labute approximate surface area is 135 Å². The van der Waals surface area contributed by atoms with E-state index in [2.05, 4.69) is 5.10 Å². The molecule has 0 fully saturated rings. The molecule has 1 aromatic carbocycles. The molecular formula is C13H8F7N3O2. The molecule has 1 amide bonds. The largest absolute Gasteiger partial charge is 0.422 e. The van der Waals surface area contributed by atoms with Crippen molar-refractivity contribution in [1.82, 2.24) is 9.78 Å². The van der Waals surface area contributed by atoms with Gasteiger partial charge in [0.1, 0.15) is 18.0 Å². The molecule has 0 bridgehead atoms. The number of alkyl halides is 3. The number of nitrogens with one attached hydrogen (secondary N) is 1. The molecule has 25 heavy (non-hydrogen) atoms. The van der Waals surface area contributed by atoms with Crippen LogP contribution in [0.15, 0.2) is 12.3 Å². The molecule has 12 heteroatoms. The Balaban J connectivity index is 2.41. The van der Waals surface area contributed by atoms with Crippen LogP contribution in [0.2, 0.25) is 0 Å². The summed E-state index contributed by atoms with van der Waals surface area (Å²) >= 11 is 0. The average Bonchev–Trinajstić information content (AvgIpc) is 2.97. The molecule has 1 aromatic heterocycles. The van der Waals surface area contributed by atoms with E-state index in [0.717, 1.165) is 10.7 Å². The topological polar surface area (TPSA) is 56.1 Å². The van der Waals surface area contributed by atoms with Crippen molar-refractivity contribution in [2.45, 2.75) is 12.9 Å². The van der Waals surface area contributed by atoms with Crippen LogP contribution in [-0.2, 0) is 17.6 Å². The molecule has 0 unspecified atom stereocenters. The van der Waals surface area contributed by atoms with E-state index in [1.165, 1.54) is 18.6 Å². The lowest BCUT2D eigenvalue weighted by Crippen LogP contribution is -2.20. The molecule has 0 aliphatic carbocycles. The number of anilines is 1. The minimum Gasteiger partial charge on any atom is -0.362 e. The van der Waals surface area contributed by atoms with E-state index in [1.807, 2.05) is 0 Å². The lowest BCUT2D eigenvalue weighted by atomic mass is 10.1. The first-order valence-electron chi connectivity index (χ1n) is 6.34. The fourth-order valence-electron chi connectivity index (χ4n) is 1.85. The summed E-state index contributed by atoms with van der Waals surface area (Å²) in [5.74, 6) is -11.4. The molecule has 0 aliphatic heterocycles. The van der Waals surface area contributed by atoms with Crippen LogP contribution in [0.3, 0.4) is 0 Å². The maximum atomic E-state index is 13.7. The first kappa shape index (κ1) is 18.7. The monoisotopic (exact) mass is 371 g/mol. The summed E-state index contributed by atoms with van der Waals surface area (Å²) in [6.45, 7) is -0.0699. The number of ether oxygens (including phenoxy) is 1. The van der Waals surface area contributed by atoms with Crippen molar-refractivity contribution in [2.24, 2.45) is 0 Å². The SMILES string of the molecule is COCn1ccc(C(=O)Nc2c(F)c(F)c(C(F)(F)F)c(F)c2F)n1. The number of aromatic nitrogens is 2. The highest BCUT2D eigenvalue weighted by Crippen LogP contribution is 2.38. The zero-order valence-electron chi connectivity index (χ0n) is 12.2. The van der Waals surface area contributed by atoms with Crippen LogP contribution in [0.4, 0.5) is 36.4 Å². The Hall–Kier alpha value is -2.63. The summed E-state index contributed by atoms with van der Waals surface area (Å²) in [5, 5.41) is 5.08. The van der Waals surface area contributed by atoms with E-state index >= 15 is 0 Å². The fraction of sp³-hybridized carbons (Fsp3) is 0.231. The van der Waals surface area contributed by atoms with Crippen molar-refractivity contribution >= 4 is 11.6 Å². The number of nitrogens with zero attached hydrogens (tertiary/aromatic N) is 2. The summed E-state index contributed by atoms with van der Waals surface area (Å²) in [4.78, 5) is 11.8. The second kappa shape index (κ2) is 6.70. The third-order valence-electron chi connectivity index (χ3n) is 2.92. The van der Waals surface area contributed by atoms with E-state index in [1.54, 1.807) is 0 Å². The standard InChI is InChI=1S/C13H8F7N3O2/c1-25-4-23-3-2-5(22-23)12(24)21-11-9(16)7(14)6(13(18,19)20)8(15)10(11)17/h2-3H,4H2,1H3,(H,21,24). The molecule has 0 aliphatic rings. The Morgan fingerprint density at radius 3 is 2.20 bits per heavy atom. The van der Waals surface area contributed by atoms with Crippen molar-refractivity contribution in [2.75, 3.05) is 12.4 Å². The number of carbonyl (C=O) groups excluding carboxylic acids is 1. The second-order valence-corrected chi connectivity index (χ2v) is 4.62. The molecule has 0 radical (unpaired) electrons. The van der Waals surface area contributed by atoms with Gasteiger partial charge in [-0.15, -0.1) is 0 Å². The highest BCUT2D eigenvalue weighted by atomic mass is 19.4. The van der Waals surface area contributed by atoms with Gasteiger partial charge in [0, 0.05) is 13.3 Å². The Bertz CT molecular complexity index is 788. The predicted octanol–water partition coefficient (Wildman–Crippen LogP) is 3.31. The first-order chi connectivity index (χ1) is 11.6. The highest BCUT2D eigenvalue weighted by Gasteiger charge is 2.42. The molecule has 1 heterocycles. The average molecular weight is 371 g/mol. The predicted molar refractivity (Wildman–Crippen MR) is 68.5 cm³/mol. The smallest absolute Gasteiger partial charge is 0.362 e. The molecular weight excluding hydrogens is 363 g/mol. The third kappa shape index (κ3) is 3.57. The van der Waals surface area contributed by atoms with Crippen LogP contribution in [0.25, 0.3) is 0 Å². The Morgan fingerprint density at radius 1 is 1.16 bits per heavy atom. The van der Waals surface area contributed by atoms with Crippen molar-refractivity contribution in [1.29, 1.82) is 0 Å². The van der Waals surface area contributed by atoms with Crippen LogP contribution in [0.1, 0.15) is 16.1 Å². The summed E-state index contributed by atoms with van der Waals surface area (Å²) < 4.78 is 97.6. The number of hydrogen-bond acceptors (Lipinski definition) is 3. The van der Waals surface area contributed by atoms with Gasteiger partial charge in [0.2, 0.25) is 0 Å². The van der Waals surface area contributed by atoms with E-state index in [-0.39, 0.29) is 6.73 Å². The molecule has 5 nitrogen and oxygen atoms in total. The molecule has 1 N–H and O–H groups in total. The van der Waals surface area contributed by atoms with Gasteiger partial charge in [-0.2, -0.15) is 18.3 Å². The van der Waals surface area contributed by atoms with Crippen LogP contribution in [-0.4, -0.2) is 22.8 Å². The summed E-state index contributed by atoms with van der Waals surface area (Å²) in [6.07, 6.45) is -4.42. The van der Waals surface area contributed by atoms with Crippen molar-refractivity contribution in [3.63, 3.8) is 0 Å². The van der Waals surface area contributed by atoms with Crippen molar-refractivity contribution in [3.05, 3.63) is 46.8 Å². The zero-order valence-corrected chi connectivity index (χ0v) is 12.2. The first-order valence-corrected chi connectivity index (χ1v) is 6.34. The van der Waals surface area contributed by atoms with Crippen molar-refractivity contribution < 1.29 is 40.3 Å². The fourth-order valence-corrected chi connectivity index (χ4v) is 1.85. The highest BCUT2D eigenvalue weighted by molar-refractivity contribution is 6.03. The van der Waals surface area contributed by atoms with E-state index in [9.17, 15) is 35.5 Å². The van der Waals surface area contributed by atoms with Crippen LogP contribution >= 0.6 is 0 Å². The van der Waals surface area contributed by atoms with Gasteiger partial charge in [-0.25, -0.2) is 22.2 Å². The molecule has 0 saturated heterocycles. The lowest BCUT2D eigenvalue weighted by Gasteiger charge is -2.14. The van der Waals surface area contributed by atoms with Gasteiger partial charge in [0.05, 0.1) is 0 Å². The zero-order chi connectivity index (χ0) is 18.9. The van der Waals surface area contributed by atoms with Gasteiger partial charge in [-0.1, -0.05) is 0 Å². The van der Waals surface area contributed by atoms with Gasteiger partial charge < -0.3 is 10.1 Å². The van der Waals surface area contributed by atoms with E-state index in [0.29, 0.717) is 0 Å². The number of rotatable bonds is 4. The number of hydrogen-bond donors (Lipinski definition) is 1. The number of carbonyl (C=O) groups is 1. The minimum absolute atomic E-state index is 0.0699. The molecule has 0 spiro atoms. The molecule has 0 atom stereocenters. The van der Waals surface area contributed by atoms with Crippen molar-refractivity contribution in [3.8, 4) is 0 Å². The quantitative estimate of drug-likeness (QED) is 0.663. The lowest BCUT2D eigenvalue weighted by molar-refractivity contribution is -0.143. The number of benzene rings is 1. The second-order valence-electron chi connectivity index (χ2n) is 4.62. The summed E-state index contributed by atoms with van der Waals surface area (Å²) in [6, 6.07) is 1.08. The van der Waals surface area contributed by atoms with Crippen LogP contribution < -0.4 is 5.32 Å². The molecule has 136 valence electrons. The van der Waals surface area contributed by atoms with Gasteiger partial charge in [0.25, 0.3) is 5.91 Å².